The summed E-state index contributed by atoms with van der Waals surface area (Å²) >= 11 is 0. The van der Waals surface area contributed by atoms with Gasteiger partial charge in [-0.05, 0) is 12.1 Å². The van der Waals surface area contributed by atoms with Gasteiger partial charge >= 0.3 is 0 Å². The first kappa shape index (κ1) is 9.34. The molecule has 4 heterocycles. The van der Waals surface area contributed by atoms with E-state index in [1.54, 1.807) is 27.9 Å². The fraction of sp³-hybridized carbons (Fsp3) is 0.0909. The molecule has 0 unspecified atom stereocenters. The molecule has 0 aliphatic heterocycles. The lowest BCUT2D eigenvalue weighted by molar-refractivity contribution is 0.577. The number of fused-ring (bicyclic) bond motifs is 3. The van der Waals surface area contributed by atoms with Gasteiger partial charge < -0.3 is 4.42 Å². The van der Waals surface area contributed by atoms with Gasteiger partial charge in [0, 0.05) is 13.2 Å². The van der Waals surface area contributed by atoms with Crippen LogP contribution in [-0.2, 0) is 7.05 Å². The summed E-state index contributed by atoms with van der Waals surface area (Å²) in [6.45, 7) is 0. The molecule has 0 fully saturated rings. The minimum Gasteiger partial charge on any atom is -0.461 e. The van der Waals surface area contributed by atoms with Crippen molar-refractivity contribution < 1.29 is 4.42 Å². The normalized spacial score (nSPS) is 11.6. The van der Waals surface area contributed by atoms with Crippen molar-refractivity contribution in [2.45, 2.75) is 0 Å². The van der Waals surface area contributed by atoms with Crippen LogP contribution in [0.5, 0.6) is 0 Å². The summed E-state index contributed by atoms with van der Waals surface area (Å²) in [6, 6.07) is 3.63. The fourth-order valence-electron chi connectivity index (χ4n) is 1.94. The van der Waals surface area contributed by atoms with Crippen molar-refractivity contribution in [2.75, 3.05) is 0 Å². The van der Waals surface area contributed by atoms with E-state index >= 15 is 0 Å². The van der Waals surface area contributed by atoms with Gasteiger partial charge in [-0.15, -0.1) is 5.10 Å². The average molecular weight is 240 g/mol. The Labute approximate surface area is 101 Å². The molecule has 4 rings (SSSR count). The molecule has 0 atom stereocenters. The fourth-order valence-corrected chi connectivity index (χ4v) is 1.94. The third kappa shape index (κ3) is 1.18. The topological polar surface area (TPSA) is 74.0 Å². The molecule has 0 saturated carbocycles. The van der Waals surface area contributed by atoms with Gasteiger partial charge in [-0.1, -0.05) is 0 Å². The zero-order valence-electron chi connectivity index (χ0n) is 9.48. The molecule has 7 heteroatoms. The van der Waals surface area contributed by atoms with Gasteiger partial charge in [0.2, 0.25) is 5.82 Å². The van der Waals surface area contributed by atoms with E-state index in [1.165, 1.54) is 0 Å². The molecule has 0 amide bonds. The molecule has 7 nitrogen and oxygen atoms in total. The number of rotatable bonds is 1. The van der Waals surface area contributed by atoms with Crippen LogP contribution in [0.1, 0.15) is 0 Å². The Morgan fingerprint density at radius 2 is 2.22 bits per heavy atom. The molecular weight excluding hydrogens is 232 g/mol. The van der Waals surface area contributed by atoms with Crippen molar-refractivity contribution in [1.29, 1.82) is 0 Å². The maximum atomic E-state index is 5.29. The first-order chi connectivity index (χ1) is 8.81. The van der Waals surface area contributed by atoms with Crippen molar-refractivity contribution in [3.05, 3.63) is 30.9 Å². The molecule has 0 spiro atoms. The standard InChI is InChI=1S/C11H8N6O/c1-16-5-7-9(14-16)12-6-17-11(7)13-10(15-17)8-3-2-4-18-8/h2-6H,1H3. The lowest BCUT2D eigenvalue weighted by Gasteiger charge is -1.88. The Morgan fingerprint density at radius 1 is 1.28 bits per heavy atom. The molecule has 0 N–H and O–H groups in total. The van der Waals surface area contributed by atoms with Crippen LogP contribution in [0, 0.1) is 0 Å². The van der Waals surface area contributed by atoms with E-state index in [2.05, 4.69) is 20.2 Å². The largest absolute Gasteiger partial charge is 0.461 e. The predicted octanol–water partition coefficient (Wildman–Crippen LogP) is 1.27. The lowest BCUT2D eigenvalue weighted by atomic mass is 10.4. The summed E-state index contributed by atoms with van der Waals surface area (Å²) in [7, 11) is 1.85. The van der Waals surface area contributed by atoms with Crippen molar-refractivity contribution in [1.82, 2.24) is 29.4 Å². The van der Waals surface area contributed by atoms with Gasteiger partial charge in [0.05, 0.1) is 11.6 Å². The Bertz CT molecular complexity index is 841. The van der Waals surface area contributed by atoms with E-state index in [-0.39, 0.29) is 0 Å². The van der Waals surface area contributed by atoms with Gasteiger partial charge in [0.15, 0.2) is 17.1 Å². The summed E-state index contributed by atoms with van der Waals surface area (Å²) in [5.41, 5.74) is 1.38. The van der Waals surface area contributed by atoms with Crippen molar-refractivity contribution in [3.8, 4) is 11.6 Å². The third-order valence-corrected chi connectivity index (χ3v) is 2.71. The van der Waals surface area contributed by atoms with Crippen molar-refractivity contribution in [3.63, 3.8) is 0 Å². The lowest BCUT2D eigenvalue weighted by Crippen LogP contribution is -1.90. The molecule has 4 aromatic rings. The molecule has 4 aromatic heterocycles. The van der Waals surface area contributed by atoms with Crippen LogP contribution in [-0.4, -0.2) is 29.4 Å². The smallest absolute Gasteiger partial charge is 0.217 e. The zero-order chi connectivity index (χ0) is 12.1. The number of furan rings is 1. The summed E-state index contributed by atoms with van der Waals surface area (Å²) < 4.78 is 8.62. The monoisotopic (exact) mass is 240 g/mol. The first-order valence-corrected chi connectivity index (χ1v) is 5.40. The van der Waals surface area contributed by atoms with Crippen molar-refractivity contribution >= 4 is 16.7 Å². The number of aromatic nitrogens is 6. The number of aryl methyl sites for hydroxylation is 1. The molecule has 0 aliphatic carbocycles. The maximum absolute atomic E-state index is 5.29. The Kier molecular flexibility index (Phi) is 1.64. The Hall–Kier alpha value is -2.70. The summed E-state index contributed by atoms with van der Waals surface area (Å²) in [4.78, 5) is 8.68. The summed E-state index contributed by atoms with van der Waals surface area (Å²) in [5.74, 6) is 1.17. The maximum Gasteiger partial charge on any atom is 0.217 e. The van der Waals surface area contributed by atoms with Gasteiger partial charge in [0.25, 0.3) is 0 Å². The predicted molar refractivity (Wildman–Crippen MR) is 62.8 cm³/mol. The van der Waals surface area contributed by atoms with E-state index in [9.17, 15) is 0 Å². The van der Waals surface area contributed by atoms with Crippen LogP contribution in [0.15, 0.2) is 35.3 Å². The second kappa shape index (κ2) is 3.16. The van der Waals surface area contributed by atoms with Crippen LogP contribution in [0.3, 0.4) is 0 Å². The SMILES string of the molecule is Cn1cc2c(ncn3nc(-c4ccco4)nc23)n1. The van der Waals surface area contributed by atoms with E-state index < -0.39 is 0 Å². The molecule has 88 valence electrons. The molecular formula is C11H8N6O. The molecule has 0 bridgehead atoms. The molecule has 0 aromatic carbocycles. The average Bonchev–Trinajstić information content (AvgIpc) is 3.05. The highest BCUT2D eigenvalue weighted by atomic mass is 16.3. The van der Waals surface area contributed by atoms with Crippen LogP contribution < -0.4 is 0 Å². The molecule has 18 heavy (non-hydrogen) atoms. The number of hydrogen-bond donors (Lipinski definition) is 0. The number of hydrogen-bond acceptors (Lipinski definition) is 5. The summed E-state index contributed by atoms with van der Waals surface area (Å²) in [6.07, 6.45) is 5.07. The quantitative estimate of drug-likeness (QED) is 0.501. The van der Waals surface area contributed by atoms with Crippen LogP contribution >= 0.6 is 0 Å². The van der Waals surface area contributed by atoms with E-state index in [1.807, 2.05) is 19.3 Å². The number of nitrogens with zero attached hydrogens (tertiary/aromatic N) is 6. The highest BCUT2D eigenvalue weighted by Gasteiger charge is 2.13. The molecule has 0 aliphatic rings. The minimum absolute atomic E-state index is 0.540. The molecule has 0 radical (unpaired) electrons. The van der Waals surface area contributed by atoms with Gasteiger partial charge in [-0.3, -0.25) is 4.68 Å². The van der Waals surface area contributed by atoms with Gasteiger partial charge in [0.1, 0.15) is 6.33 Å². The summed E-state index contributed by atoms with van der Waals surface area (Å²) in [5, 5.41) is 9.43. The molecule has 0 saturated heterocycles. The minimum atomic E-state index is 0.540. The first-order valence-electron chi connectivity index (χ1n) is 5.40. The highest BCUT2D eigenvalue weighted by molar-refractivity contribution is 5.88. The second-order valence-electron chi connectivity index (χ2n) is 3.97. The van der Waals surface area contributed by atoms with E-state index in [0.717, 1.165) is 11.0 Å². The van der Waals surface area contributed by atoms with Gasteiger partial charge in [-0.25, -0.2) is 14.5 Å². The zero-order valence-corrected chi connectivity index (χ0v) is 9.48. The van der Waals surface area contributed by atoms with Crippen LogP contribution in [0.2, 0.25) is 0 Å². The van der Waals surface area contributed by atoms with Crippen LogP contribution in [0.25, 0.3) is 28.3 Å². The van der Waals surface area contributed by atoms with Crippen molar-refractivity contribution in [2.24, 2.45) is 7.05 Å². The van der Waals surface area contributed by atoms with Gasteiger partial charge in [-0.2, -0.15) is 5.10 Å². The Morgan fingerprint density at radius 3 is 3.06 bits per heavy atom. The van der Waals surface area contributed by atoms with E-state index in [0.29, 0.717) is 17.2 Å². The Balaban J connectivity index is 2.07. The third-order valence-electron chi connectivity index (χ3n) is 2.71. The highest BCUT2D eigenvalue weighted by Crippen LogP contribution is 2.20. The second-order valence-corrected chi connectivity index (χ2v) is 3.97. The van der Waals surface area contributed by atoms with Crippen LogP contribution in [0.4, 0.5) is 0 Å². The van der Waals surface area contributed by atoms with E-state index in [4.69, 9.17) is 4.42 Å².